The van der Waals surface area contributed by atoms with E-state index >= 15 is 0 Å². The number of rotatable bonds is 7. The van der Waals surface area contributed by atoms with E-state index in [1.807, 2.05) is 0 Å². The molecule has 2 atom stereocenters. The zero-order chi connectivity index (χ0) is 24.3. The maximum atomic E-state index is 13.0. The van der Waals surface area contributed by atoms with Gasteiger partial charge in [0.1, 0.15) is 17.5 Å². The van der Waals surface area contributed by atoms with Crippen LogP contribution in [-0.4, -0.2) is 30.3 Å². The van der Waals surface area contributed by atoms with Crippen molar-refractivity contribution in [3.05, 3.63) is 63.7 Å². The Hall–Kier alpha value is -2.87. The Bertz CT molecular complexity index is 1060. The first-order chi connectivity index (χ1) is 15.4. The van der Waals surface area contributed by atoms with Gasteiger partial charge in [0.25, 0.3) is 0 Å². The summed E-state index contributed by atoms with van der Waals surface area (Å²) in [5.41, 5.74) is 2.25. The van der Waals surface area contributed by atoms with Gasteiger partial charge in [-0.3, -0.25) is 14.4 Å². The van der Waals surface area contributed by atoms with E-state index in [4.69, 9.17) is 16.3 Å². The van der Waals surface area contributed by atoms with Crippen molar-refractivity contribution in [2.75, 3.05) is 6.61 Å². The van der Waals surface area contributed by atoms with Gasteiger partial charge in [0, 0.05) is 30.3 Å². The van der Waals surface area contributed by atoms with E-state index in [1.165, 1.54) is 12.1 Å². The monoisotopic (exact) mass is 481 g/mol. The minimum atomic E-state index is -4.47. The number of ketones is 2. The molecule has 1 saturated carbocycles. The largest absolute Gasteiger partial charge is 0.484 e. The molecule has 0 saturated heterocycles. The highest BCUT2D eigenvalue weighted by Gasteiger charge is 2.44. The van der Waals surface area contributed by atoms with Crippen LogP contribution in [-0.2, 0) is 20.9 Å². The second kappa shape index (κ2) is 9.95. The number of alkyl halides is 3. The second-order valence-corrected chi connectivity index (χ2v) is 8.62. The van der Waals surface area contributed by atoms with Crippen LogP contribution in [0.5, 0.6) is 5.75 Å². The first-order valence-corrected chi connectivity index (χ1v) is 10.7. The van der Waals surface area contributed by atoms with Crippen LogP contribution >= 0.6 is 11.6 Å². The van der Waals surface area contributed by atoms with Crippen molar-refractivity contribution in [1.82, 2.24) is 5.32 Å². The molecule has 0 heterocycles. The summed E-state index contributed by atoms with van der Waals surface area (Å²) >= 11 is 5.93. The molecule has 2 aromatic carbocycles. The van der Waals surface area contributed by atoms with Crippen molar-refractivity contribution in [2.24, 2.45) is 5.92 Å². The lowest BCUT2D eigenvalue weighted by molar-refractivity contribution is -0.153. The van der Waals surface area contributed by atoms with E-state index in [1.54, 1.807) is 38.1 Å². The summed E-state index contributed by atoms with van der Waals surface area (Å²) in [6, 6.07) is 9.78. The molecule has 1 amide bonds. The molecule has 3 rings (SSSR count). The zero-order valence-corrected chi connectivity index (χ0v) is 18.8. The van der Waals surface area contributed by atoms with E-state index in [-0.39, 0.29) is 42.6 Å². The molecule has 2 aromatic rings. The van der Waals surface area contributed by atoms with Gasteiger partial charge in [-0.05, 0) is 60.4 Å². The van der Waals surface area contributed by atoms with Crippen LogP contribution in [0, 0.1) is 19.8 Å². The molecule has 176 valence electrons. The van der Waals surface area contributed by atoms with E-state index in [2.05, 4.69) is 5.32 Å². The minimum absolute atomic E-state index is 0.0147. The molecule has 2 unspecified atom stereocenters. The molecule has 1 N–H and O–H groups in total. The number of amides is 1. The molecular weight excluding hydrogens is 459 g/mol. The molecule has 0 spiro atoms. The SMILES string of the molecule is Cc1cc(OCC(F)(F)F)cc(C)c1C1C(=O)CC(CC(=O)NCc2cccc(Cl)c2)C1=O. The van der Waals surface area contributed by atoms with Crippen molar-refractivity contribution in [1.29, 1.82) is 0 Å². The molecule has 0 radical (unpaired) electrons. The average molecular weight is 482 g/mol. The molecule has 1 fully saturated rings. The summed E-state index contributed by atoms with van der Waals surface area (Å²) < 4.78 is 42.1. The number of nitrogens with one attached hydrogen (secondary N) is 1. The van der Waals surface area contributed by atoms with Crippen LogP contribution in [0.25, 0.3) is 0 Å². The number of hydrogen-bond donors (Lipinski definition) is 1. The lowest BCUT2D eigenvalue weighted by Gasteiger charge is -2.18. The highest BCUT2D eigenvalue weighted by molar-refractivity contribution is 6.30. The smallest absolute Gasteiger partial charge is 0.422 e. The molecule has 5 nitrogen and oxygen atoms in total. The Balaban J connectivity index is 1.67. The molecule has 1 aliphatic carbocycles. The van der Waals surface area contributed by atoms with E-state index < -0.39 is 24.6 Å². The summed E-state index contributed by atoms with van der Waals surface area (Å²) in [7, 11) is 0. The standard InChI is InChI=1S/C24H23ClF3NO4/c1-13-6-18(33-12-24(26,27)28)7-14(2)21(13)22-19(30)9-16(23(22)32)10-20(31)29-11-15-4-3-5-17(25)8-15/h3-8,16,22H,9-12H2,1-2H3,(H,29,31). The number of halogens is 4. The lowest BCUT2D eigenvalue weighted by Crippen LogP contribution is -2.27. The van der Waals surface area contributed by atoms with Crippen LogP contribution in [0.15, 0.2) is 36.4 Å². The van der Waals surface area contributed by atoms with Gasteiger partial charge in [0.15, 0.2) is 12.4 Å². The first kappa shape index (κ1) is 24.8. The predicted octanol–water partition coefficient (Wildman–Crippen LogP) is 4.85. The van der Waals surface area contributed by atoms with Gasteiger partial charge in [-0.2, -0.15) is 13.2 Å². The quantitative estimate of drug-likeness (QED) is 0.574. The first-order valence-electron chi connectivity index (χ1n) is 10.3. The molecule has 9 heteroatoms. The molecule has 0 bridgehead atoms. The Morgan fingerprint density at radius 2 is 1.82 bits per heavy atom. The van der Waals surface area contributed by atoms with Crippen molar-refractivity contribution < 1.29 is 32.3 Å². The number of ether oxygens (including phenoxy) is 1. The van der Waals surface area contributed by atoms with Crippen molar-refractivity contribution in [2.45, 2.75) is 45.3 Å². The summed E-state index contributed by atoms with van der Waals surface area (Å²) in [6.45, 7) is 2.05. The lowest BCUT2D eigenvalue weighted by atomic mass is 9.87. The fraction of sp³-hybridized carbons (Fsp3) is 0.375. The molecule has 0 aromatic heterocycles. The third-order valence-electron chi connectivity index (χ3n) is 5.53. The van der Waals surface area contributed by atoms with E-state index in [0.29, 0.717) is 21.7 Å². The Morgan fingerprint density at radius 1 is 1.15 bits per heavy atom. The predicted molar refractivity (Wildman–Crippen MR) is 116 cm³/mol. The van der Waals surface area contributed by atoms with Crippen LogP contribution in [0.2, 0.25) is 5.02 Å². The van der Waals surface area contributed by atoms with E-state index in [0.717, 1.165) is 5.56 Å². The third kappa shape index (κ3) is 6.35. The summed E-state index contributed by atoms with van der Waals surface area (Å²) in [5, 5.41) is 3.27. The van der Waals surface area contributed by atoms with E-state index in [9.17, 15) is 27.6 Å². The summed E-state index contributed by atoms with van der Waals surface area (Å²) in [4.78, 5) is 38.1. The topological polar surface area (TPSA) is 72.5 Å². The normalized spacial score (nSPS) is 18.5. The highest BCUT2D eigenvalue weighted by atomic mass is 35.5. The maximum Gasteiger partial charge on any atom is 0.422 e. The minimum Gasteiger partial charge on any atom is -0.484 e. The second-order valence-electron chi connectivity index (χ2n) is 8.19. The number of carbonyl (C=O) groups is 3. The molecule has 1 aliphatic rings. The van der Waals surface area contributed by atoms with Crippen LogP contribution in [0.4, 0.5) is 13.2 Å². The fourth-order valence-corrected chi connectivity index (χ4v) is 4.33. The van der Waals surface area contributed by atoms with Gasteiger partial charge in [0.2, 0.25) is 5.91 Å². The van der Waals surface area contributed by atoms with Gasteiger partial charge in [-0.1, -0.05) is 23.7 Å². The van der Waals surface area contributed by atoms with Crippen LogP contribution in [0.3, 0.4) is 0 Å². The van der Waals surface area contributed by atoms with Gasteiger partial charge in [-0.25, -0.2) is 0 Å². The molecule has 0 aliphatic heterocycles. The van der Waals surface area contributed by atoms with Crippen LogP contribution < -0.4 is 10.1 Å². The van der Waals surface area contributed by atoms with Gasteiger partial charge < -0.3 is 10.1 Å². The third-order valence-corrected chi connectivity index (χ3v) is 5.76. The Labute approximate surface area is 194 Å². The number of carbonyl (C=O) groups excluding carboxylic acids is 3. The van der Waals surface area contributed by atoms with Crippen molar-refractivity contribution >= 4 is 29.1 Å². The number of benzene rings is 2. The zero-order valence-electron chi connectivity index (χ0n) is 18.1. The molecule has 33 heavy (non-hydrogen) atoms. The Morgan fingerprint density at radius 3 is 2.42 bits per heavy atom. The van der Waals surface area contributed by atoms with Gasteiger partial charge >= 0.3 is 6.18 Å². The average Bonchev–Trinajstić information content (AvgIpc) is 2.97. The number of Topliss-reactive ketones (excluding diaryl/α,β-unsaturated/α-hetero) is 2. The summed E-state index contributed by atoms with van der Waals surface area (Å²) in [6.07, 6.45) is -4.65. The fourth-order valence-electron chi connectivity index (χ4n) is 4.11. The van der Waals surface area contributed by atoms with Crippen molar-refractivity contribution in [3.8, 4) is 5.75 Å². The van der Waals surface area contributed by atoms with Gasteiger partial charge in [-0.15, -0.1) is 0 Å². The van der Waals surface area contributed by atoms with Gasteiger partial charge in [0.05, 0.1) is 0 Å². The number of aryl methyl sites for hydroxylation is 2. The van der Waals surface area contributed by atoms with Crippen LogP contribution in [0.1, 0.15) is 41.0 Å². The Kier molecular flexibility index (Phi) is 7.47. The maximum absolute atomic E-state index is 13.0. The number of hydrogen-bond acceptors (Lipinski definition) is 4. The highest BCUT2D eigenvalue weighted by Crippen LogP contribution is 2.38. The summed E-state index contributed by atoms with van der Waals surface area (Å²) in [5.74, 6) is -2.78. The van der Waals surface area contributed by atoms with Crippen molar-refractivity contribution in [3.63, 3.8) is 0 Å². The molecular formula is C24H23ClF3NO4.